The van der Waals surface area contributed by atoms with Crippen LogP contribution in [0.1, 0.15) is 32.6 Å². The molecule has 1 rings (SSSR count). The first-order valence-electron chi connectivity index (χ1n) is 4.24. The second-order valence-electron chi connectivity index (χ2n) is 3.12. The second-order valence-corrected chi connectivity index (χ2v) is 4.84. The topological polar surface area (TPSA) is 20.2 Å². The highest BCUT2D eigenvalue weighted by Gasteiger charge is 2.21. The van der Waals surface area contributed by atoms with Crippen LogP contribution in [-0.4, -0.2) is 23.0 Å². The fourth-order valence-corrected chi connectivity index (χ4v) is 3.00. The standard InChI is InChI=1S/C8H17OP/c1-2-5-10-8-4-3-7(9)6-8/h7-10H,2-6H2,1H3. The van der Waals surface area contributed by atoms with E-state index < -0.39 is 0 Å². The average Bonchev–Trinajstić information content (AvgIpc) is 2.31. The molecule has 0 radical (unpaired) electrons. The first-order chi connectivity index (χ1) is 4.83. The van der Waals surface area contributed by atoms with Crippen molar-refractivity contribution in [1.82, 2.24) is 0 Å². The van der Waals surface area contributed by atoms with Crippen molar-refractivity contribution in [3.05, 3.63) is 0 Å². The largest absolute Gasteiger partial charge is 0.393 e. The summed E-state index contributed by atoms with van der Waals surface area (Å²) < 4.78 is 0. The molecule has 1 aliphatic rings. The maximum Gasteiger partial charge on any atom is 0.0546 e. The Balaban J connectivity index is 2.06. The van der Waals surface area contributed by atoms with Gasteiger partial charge < -0.3 is 5.11 Å². The molecule has 3 unspecified atom stereocenters. The predicted octanol–water partition coefficient (Wildman–Crippen LogP) is 1.99. The van der Waals surface area contributed by atoms with E-state index in [1.165, 1.54) is 19.0 Å². The minimum absolute atomic E-state index is 0.0364. The maximum absolute atomic E-state index is 9.20. The molecule has 2 heteroatoms. The van der Waals surface area contributed by atoms with E-state index in [0.717, 1.165) is 27.1 Å². The molecule has 0 amide bonds. The number of hydrogen-bond donors (Lipinski definition) is 1. The molecule has 1 saturated carbocycles. The molecule has 60 valence electrons. The van der Waals surface area contributed by atoms with Gasteiger partial charge in [0.05, 0.1) is 6.10 Å². The molecular formula is C8H17OP. The van der Waals surface area contributed by atoms with Gasteiger partial charge in [0.1, 0.15) is 0 Å². The van der Waals surface area contributed by atoms with Gasteiger partial charge in [-0.25, -0.2) is 0 Å². The molecule has 0 heterocycles. The van der Waals surface area contributed by atoms with Gasteiger partial charge in [0, 0.05) is 0 Å². The zero-order valence-corrected chi connectivity index (χ0v) is 7.64. The molecular weight excluding hydrogens is 143 g/mol. The third kappa shape index (κ3) is 2.56. The normalized spacial score (nSPS) is 34.2. The van der Waals surface area contributed by atoms with Crippen molar-refractivity contribution in [3.8, 4) is 0 Å². The number of hydrogen-bond acceptors (Lipinski definition) is 1. The summed E-state index contributed by atoms with van der Waals surface area (Å²) in [6, 6.07) is 0. The van der Waals surface area contributed by atoms with Crippen molar-refractivity contribution in [2.24, 2.45) is 0 Å². The maximum atomic E-state index is 9.20. The fraction of sp³-hybridized carbons (Fsp3) is 1.00. The van der Waals surface area contributed by atoms with E-state index >= 15 is 0 Å². The Morgan fingerprint density at radius 1 is 1.50 bits per heavy atom. The lowest BCUT2D eigenvalue weighted by atomic mass is 10.3. The highest BCUT2D eigenvalue weighted by Crippen LogP contribution is 2.34. The summed E-state index contributed by atoms with van der Waals surface area (Å²) >= 11 is 0. The van der Waals surface area contributed by atoms with Gasteiger partial charge in [-0.05, 0) is 31.1 Å². The van der Waals surface area contributed by atoms with Crippen molar-refractivity contribution < 1.29 is 5.11 Å². The quantitative estimate of drug-likeness (QED) is 0.626. The molecule has 0 aromatic rings. The van der Waals surface area contributed by atoms with Crippen LogP contribution in [0, 0.1) is 0 Å². The van der Waals surface area contributed by atoms with Gasteiger partial charge >= 0.3 is 0 Å². The SMILES string of the molecule is CCCPC1CCC(O)C1. The van der Waals surface area contributed by atoms with Gasteiger partial charge in [-0.15, -0.1) is 8.58 Å². The highest BCUT2D eigenvalue weighted by molar-refractivity contribution is 7.38. The van der Waals surface area contributed by atoms with E-state index in [1.54, 1.807) is 0 Å². The van der Waals surface area contributed by atoms with Crippen LogP contribution in [0.25, 0.3) is 0 Å². The molecule has 0 aromatic carbocycles. The zero-order valence-electron chi connectivity index (χ0n) is 6.64. The summed E-state index contributed by atoms with van der Waals surface area (Å²) in [6.45, 7) is 2.23. The molecule has 1 nitrogen and oxygen atoms in total. The van der Waals surface area contributed by atoms with Gasteiger partial charge in [0.2, 0.25) is 0 Å². The minimum atomic E-state index is 0.0364. The predicted molar refractivity (Wildman–Crippen MR) is 47.1 cm³/mol. The molecule has 0 saturated heterocycles. The molecule has 0 aliphatic heterocycles. The first-order valence-corrected chi connectivity index (χ1v) is 5.52. The lowest BCUT2D eigenvalue weighted by Crippen LogP contribution is -2.00. The Morgan fingerprint density at radius 2 is 2.30 bits per heavy atom. The second kappa shape index (κ2) is 4.31. The Morgan fingerprint density at radius 3 is 2.80 bits per heavy atom. The average molecular weight is 160 g/mol. The van der Waals surface area contributed by atoms with Crippen LogP contribution in [-0.2, 0) is 0 Å². The van der Waals surface area contributed by atoms with Crippen LogP contribution in [0.2, 0.25) is 0 Å². The van der Waals surface area contributed by atoms with Crippen LogP contribution in [0.4, 0.5) is 0 Å². The van der Waals surface area contributed by atoms with Crippen molar-refractivity contribution >= 4 is 8.58 Å². The lowest BCUT2D eigenvalue weighted by Gasteiger charge is -2.06. The number of rotatable bonds is 3. The Kier molecular flexibility index (Phi) is 3.65. The molecule has 1 N–H and O–H groups in total. The molecule has 3 atom stereocenters. The summed E-state index contributed by atoms with van der Waals surface area (Å²) in [4.78, 5) is 0. The summed E-state index contributed by atoms with van der Waals surface area (Å²) in [6.07, 6.45) is 6.14. The van der Waals surface area contributed by atoms with E-state index in [2.05, 4.69) is 6.92 Å². The fourth-order valence-electron chi connectivity index (χ4n) is 1.49. The zero-order chi connectivity index (χ0) is 7.40. The monoisotopic (exact) mass is 160 g/mol. The van der Waals surface area contributed by atoms with Crippen LogP contribution in [0.15, 0.2) is 0 Å². The third-order valence-corrected chi connectivity index (χ3v) is 3.98. The van der Waals surface area contributed by atoms with Gasteiger partial charge in [-0.2, -0.15) is 0 Å². The van der Waals surface area contributed by atoms with Gasteiger partial charge in [0.25, 0.3) is 0 Å². The lowest BCUT2D eigenvalue weighted by molar-refractivity contribution is 0.183. The Labute approximate surface area is 65.0 Å². The van der Waals surface area contributed by atoms with Gasteiger partial charge in [-0.3, -0.25) is 0 Å². The first kappa shape index (κ1) is 8.49. The number of aliphatic hydroxyl groups excluding tert-OH is 1. The van der Waals surface area contributed by atoms with Crippen LogP contribution in [0.5, 0.6) is 0 Å². The highest BCUT2D eigenvalue weighted by atomic mass is 31.1. The molecule has 0 aromatic heterocycles. The van der Waals surface area contributed by atoms with Crippen molar-refractivity contribution in [2.75, 3.05) is 6.16 Å². The van der Waals surface area contributed by atoms with E-state index in [1.807, 2.05) is 0 Å². The van der Waals surface area contributed by atoms with E-state index in [0.29, 0.717) is 0 Å². The summed E-state index contributed by atoms with van der Waals surface area (Å²) in [5.41, 5.74) is 0.870. The van der Waals surface area contributed by atoms with E-state index in [-0.39, 0.29) is 6.10 Å². The van der Waals surface area contributed by atoms with Crippen LogP contribution < -0.4 is 0 Å². The Bertz CT molecular complexity index is 95.3. The molecule has 10 heavy (non-hydrogen) atoms. The molecule has 1 aliphatic carbocycles. The van der Waals surface area contributed by atoms with E-state index in [4.69, 9.17) is 0 Å². The third-order valence-electron chi connectivity index (χ3n) is 2.09. The van der Waals surface area contributed by atoms with Gasteiger partial charge in [-0.1, -0.05) is 13.3 Å². The van der Waals surface area contributed by atoms with Crippen LogP contribution in [0.3, 0.4) is 0 Å². The molecule has 0 spiro atoms. The minimum Gasteiger partial charge on any atom is -0.393 e. The van der Waals surface area contributed by atoms with E-state index in [9.17, 15) is 5.11 Å². The molecule has 0 bridgehead atoms. The molecule has 1 fully saturated rings. The van der Waals surface area contributed by atoms with Crippen molar-refractivity contribution in [3.63, 3.8) is 0 Å². The smallest absolute Gasteiger partial charge is 0.0546 e. The van der Waals surface area contributed by atoms with Crippen molar-refractivity contribution in [1.29, 1.82) is 0 Å². The Hall–Kier alpha value is 0.390. The summed E-state index contributed by atoms with van der Waals surface area (Å²) in [5.74, 6) is 0. The van der Waals surface area contributed by atoms with Gasteiger partial charge in [0.15, 0.2) is 0 Å². The summed E-state index contributed by atoms with van der Waals surface area (Å²) in [5, 5.41) is 9.20. The number of aliphatic hydroxyl groups is 1. The van der Waals surface area contributed by atoms with Crippen molar-refractivity contribution in [2.45, 2.75) is 44.4 Å². The summed E-state index contributed by atoms with van der Waals surface area (Å²) in [7, 11) is 1.11. The van der Waals surface area contributed by atoms with Crippen LogP contribution >= 0.6 is 8.58 Å².